The monoisotopic (exact) mass is 551 g/mol. The number of nitrogens with one attached hydrogen (secondary N) is 1. The minimum absolute atomic E-state index is 0.0182. The molecule has 12 heteroatoms. The smallest absolute Gasteiger partial charge is 0.240 e. The van der Waals surface area contributed by atoms with Crippen LogP contribution in [0, 0.1) is 11.3 Å². The van der Waals surface area contributed by atoms with Crippen LogP contribution in [0.2, 0.25) is 0 Å². The van der Waals surface area contributed by atoms with E-state index in [2.05, 4.69) is 9.71 Å². The summed E-state index contributed by atoms with van der Waals surface area (Å²) in [7, 11) is -7.94. The molecule has 2 aliphatic rings. The highest BCUT2D eigenvalue weighted by molar-refractivity contribution is 7.94. The molecule has 0 aliphatic carbocycles. The van der Waals surface area contributed by atoms with Crippen LogP contribution in [0.3, 0.4) is 0 Å². The van der Waals surface area contributed by atoms with E-state index in [0.717, 1.165) is 17.9 Å². The van der Waals surface area contributed by atoms with Gasteiger partial charge < -0.3 is 4.90 Å². The number of sulfonamides is 1. The van der Waals surface area contributed by atoms with Gasteiger partial charge >= 0.3 is 0 Å². The van der Waals surface area contributed by atoms with Gasteiger partial charge in [-0.3, -0.25) is 19.3 Å². The summed E-state index contributed by atoms with van der Waals surface area (Å²) in [6, 6.07) is 12.2. The molecule has 3 atom stereocenters. The van der Waals surface area contributed by atoms with Crippen molar-refractivity contribution in [2.45, 2.75) is 43.0 Å². The fourth-order valence-corrected chi connectivity index (χ4v) is 7.05. The van der Waals surface area contributed by atoms with Crippen LogP contribution in [0.5, 0.6) is 0 Å². The molecule has 0 aromatic heterocycles. The molecule has 192 valence electrons. The summed E-state index contributed by atoms with van der Waals surface area (Å²) in [4.78, 5) is 32.9. The van der Waals surface area contributed by atoms with Crippen LogP contribution >= 0.6 is 11.6 Å². The third-order valence-electron chi connectivity index (χ3n) is 6.03. The van der Waals surface area contributed by atoms with E-state index < -0.39 is 53.6 Å². The molecule has 1 amide bonds. The first-order chi connectivity index (χ1) is 16.6. The second kappa shape index (κ2) is 8.97. The first kappa shape index (κ1) is 26.3. The molecule has 2 unspecified atom stereocenters. The van der Waals surface area contributed by atoms with Gasteiger partial charge in [0, 0.05) is 12.2 Å². The Kier molecular flexibility index (Phi) is 6.55. The number of aliphatic imine (C=N–C) groups is 1. The van der Waals surface area contributed by atoms with E-state index in [1.54, 1.807) is 0 Å². The average Bonchev–Trinajstić information content (AvgIpc) is 3.00. The van der Waals surface area contributed by atoms with Crippen molar-refractivity contribution in [1.82, 2.24) is 4.90 Å². The molecule has 0 radical (unpaired) electrons. The van der Waals surface area contributed by atoms with Crippen LogP contribution in [-0.4, -0.2) is 56.1 Å². The topological polar surface area (TPSA) is 130 Å². The van der Waals surface area contributed by atoms with E-state index in [1.807, 2.05) is 51.1 Å². The van der Waals surface area contributed by atoms with Gasteiger partial charge in [0.1, 0.15) is 5.92 Å². The Balaban J connectivity index is 1.80. The third-order valence-corrected chi connectivity index (χ3v) is 9.29. The van der Waals surface area contributed by atoms with Crippen LogP contribution in [0.15, 0.2) is 58.4 Å². The molecule has 0 spiro atoms. The highest BCUT2D eigenvalue weighted by Gasteiger charge is 2.56. The largest absolute Gasteiger partial charge is 0.327 e. The van der Waals surface area contributed by atoms with Crippen molar-refractivity contribution in [3.63, 3.8) is 0 Å². The highest BCUT2D eigenvalue weighted by Crippen LogP contribution is 2.42. The molecule has 1 fully saturated rings. The Morgan fingerprint density at radius 1 is 1.08 bits per heavy atom. The second-order valence-corrected chi connectivity index (χ2v) is 14.5. The Morgan fingerprint density at radius 3 is 2.31 bits per heavy atom. The minimum Gasteiger partial charge on any atom is -0.327 e. The Bertz CT molecular complexity index is 1480. The van der Waals surface area contributed by atoms with E-state index in [0.29, 0.717) is 0 Å². The zero-order chi connectivity index (χ0) is 26.6. The fourth-order valence-electron chi connectivity index (χ4n) is 4.61. The van der Waals surface area contributed by atoms with Crippen molar-refractivity contribution < 1.29 is 26.4 Å². The van der Waals surface area contributed by atoms with Crippen molar-refractivity contribution in [2.24, 2.45) is 16.3 Å². The molecule has 2 aromatic rings. The summed E-state index contributed by atoms with van der Waals surface area (Å²) >= 11 is 6.39. The molecule has 9 nitrogen and oxygen atoms in total. The zero-order valence-electron chi connectivity index (χ0n) is 20.1. The van der Waals surface area contributed by atoms with Crippen molar-refractivity contribution in [2.75, 3.05) is 11.0 Å². The van der Waals surface area contributed by atoms with Crippen LogP contribution in [0.25, 0.3) is 0 Å². The number of halogens is 1. The molecular weight excluding hydrogens is 526 g/mol. The summed E-state index contributed by atoms with van der Waals surface area (Å²) in [5, 5.41) is 0. The predicted molar refractivity (Wildman–Crippen MR) is 138 cm³/mol. The first-order valence-corrected chi connectivity index (χ1v) is 14.9. The van der Waals surface area contributed by atoms with Crippen molar-refractivity contribution in [3.8, 4) is 0 Å². The SMILES string of the molecule is CC(C)(C)[C@H]1C(=O)C(C2=Nc3ccc(NS(C)(=O)=O)cc3S(=O)(=O)C2Cl)C(=O)N1Cc1ccccc1. The van der Waals surface area contributed by atoms with Crippen LogP contribution in [0.1, 0.15) is 26.3 Å². The number of carbonyl (C=O) groups is 2. The maximum atomic E-state index is 13.7. The van der Waals surface area contributed by atoms with Gasteiger partial charge in [0.05, 0.1) is 28.6 Å². The number of hydrogen-bond donors (Lipinski definition) is 1. The summed E-state index contributed by atoms with van der Waals surface area (Å²) in [5.74, 6) is -2.46. The molecule has 1 N–H and O–H groups in total. The van der Waals surface area contributed by atoms with Gasteiger partial charge in [0.2, 0.25) is 25.8 Å². The van der Waals surface area contributed by atoms with Gasteiger partial charge in [-0.05, 0) is 29.2 Å². The lowest BCUT2D eigenvalue weighted by molar-refractivity contribution is -0.132. The number of ketones is 1. The molecule has 0 bridgehead atoms. The van der Waals surface area contributed by atoms with Gasteiger partial charge in [-0.2, -0.15) is 0 Å². The molecule has 1 saturated heterocycles. The third kappa shape index (κ3) is 4.79. The van der Waals surface area contributed by atoms with Gasteiger partial charge in [-0.1, -0.05) is 62.7 Å². The molecule has 2 aliphatic heterocycles. The fraction of sp³-hybridized carbons (Fsp3) is 0.375. The number of carbonyl (C=O) groups excluding carboxylic acids is 2. The normalized spacial score (nSPS) is 23.9. The van der Waals surface area contributed by atoms with E-state index >= 15 is 0 Å². The summed E-state index contributed by atoms with van der Waals surface area (Å²) in [6.07, 6.45) is 0.936. The van der Waals surface area contributed by atoms with Gasteiger partial charge in [-0.25, -0.2) is 16.8 Å². The summed E-state index contributed by atoms with van der Waals surface area (Å²) < 4.78 is 50.2. The second-order valence-electron chi connectivity index (χ2n) is 10.0. The van der Waals surface area contributed by atoms with E-state index in [-0.39, 0.29) is 28.5 Å². The Hall–Kier alpha value is -2.76. The maximum Gasteiger partial charge on any atom is 0.240 e. The molecule has 0 saturated carbocycles. The lowest BCUT2D eigenvalue weighted by Gasteiger charge is -2.33. The number of sulfone groups is 1. The quantitative estimate of drug-likeness (QED) is 0.449. The van der Waals surface area contributed by atoms with Crippen molar-refractivity contribution >= 4 is 60.2 Å². The number of anilines is 1. The lowest BCUT2D eigenvalue weighted by Crippen LogP contribution is -2.44. The van der Waals surface area contributed by atoms with Crippen LogP contribution in [0.4, 0.5) is 11.4 Å². The predicted octanol–water partition coefficient (Wildman–Crippen LogP) is 3.13. The summed E-state index contributed by atoms with van der Waals surface area (Å²) in [6.45, 7) is 5.69. The van der Waals surface area contributed by atoms with Crippen LogP contribution < -0.4 is 4.72 Å². The first-order valence-electron chi connectivity index (χ1n) is 11.1. The van der Waals surface area contributed by atoms with Gasteiger partial charge in [-0.15, -0.1) is 0 Å². The number of nitrogens with zero attached hydrogens (tertiary/aromatic N) is 2. The summed E-state index contributed by atoms with van der Waals surface area (Å²) in [5.41, 5.74) is -0.0400. The number of Topliss-reactive ketones (excluding diaryl/α,β-unsaturated/α-hetero) is 1. The molecule has 2 aromatic carbocycles. The molecule has 36 heavy (non-hydrogen) atoms. The van der Waals surface area contributed by atoms with Crippen molar-refractivity contribution in [3.05, 3.63) is 54.1 Å². The average molecular weight is 552 g/mol. The number of alkyl halides is 1. The number of benzene rings is 2. The standard InChI is InChI=1S/C24H26ClN3O6S2/c1-24(2,3)21-20(29)18(23(30)28(21)13-14-8-6-5-7-9-14)19-22(25)36(33,34)17-12-15(27-35(4,31)32)10-11-16(17)26-19/h5-12,18,21-22,27H,13H2,1-4H3/t18?,21-,22?/m1/s1. The number of rotatable bonds is 5. The van der Waals surface area contributed by atoms with E-state index in [1.165, 1.54) is 17.0 Å². The van der Waals surface area contributed by atoms with Gasteiger partial charge in [0.15, 0.2) is 10.5 Å². The minimum atomic E-state index is -4.28. The number of hydrogen-bond acceptors (Lipinski definition) is 7. The van der Waals surface area contributed by atoms with E-state index in [4.69, 9.17) is 11.6 Å². The Labute approximate surface area is 215 Å². The van der Waals surface area contributed by atoms with Gasteiger partial charge in [0.25, 0.3) is 0 Å². The van der Waals surface area contributed by atoms with Crippen LogP contribution in [-0.2, 0) is 36.0 Å². The molecule has 4 rings (SSSR count). The number of fused-ring (bicyclic) bond motifs is 1. The Morgan fingerprint density at radius 2 is 1.72 bits per heavy atom. The highest BCUT2D eigenvalue weighted by atomic mass is 35.5. The maximum absolute atomic E-state index is 13.7. The zero-order valence-corrected chi connectivity index (χ0v) is 22.5. The lowest BCUT2D eigenvalue weighted by atomic mass is 9.82. The van der Waals surface area contributed by atoms with E-state index in [9.17, 15) is 26.4 Å². The van der Waals surface area contributed by atoms with Crippen molar-refractivity contribution in [1.29, 1.82) is 0 Å². The number of likely N-dealkylation sites (tertiary alicyclic amines) is 1. The number of amides is 1. The molecule has 2 heterocycles. The molecular formula is C24H26ClN3O6S2.